The fourth-order valence-corrected chi connectivity index (χ4v) is 2.94. The Kier molecular flexibility index (Phi) is 3.35. The second kappa shape index (κ2) is 5.16. The number of hydrogen-bond donors (Lipinski definition) is 2. The van der Waals surface area contributed by atoms with Crippen LogP contribution in [0.15, 0.2) is 36.4 Å². The first-order valence-corrected chi connectivity index (χ1v) is 6.98. The first kappa shape index (κ1) is 13.0. The van der Waals surface area contributed by atoms with Crippen LogP contribution in [0.4, 0.5) is 10.1 Å². The Hall–Kier alpha value is -2.03. The van der Waals surface area contributed by atoms with Crippen molar-refractivity contribution < 1.29 is 9.50 Å². The number of rotatable bonds is 2. The molecule has 20 heavy (non-hydrogen) atoms. The van der Waals surface area contributed by atoms with Gasteiger partial charge in [-0.2, -0.15) is 0 Å². The fraction of sp³-hybridized carbons (Fsp3) is 0.294. The molecule has 3 rings (SSSR count). The summed E-state index contributed by atoms with van der Waals surface area (Å²) in [5.41, 5.74) is 3.81. The predicted octanol–water partition coefficient (Wildman–Crippen LogP) is 4.33. The van der Waals surface area contributed by atoms with Crippen LogP contribution < -0.4 is 5.32 Å². The average Bonchev–Trinajstić information content (AvgIpc) is 2.42. The average molecular weight is 271 g/mol. The predicted molar refractivity (Wildman–Crippen MR) is 78.5 cm³/mol. The zero-order valence-electron chi connectivity index (χ0n) is 11.5. The highest BCUT2D eigenvalue weighted by Crippen LogP contribution is 2.35. The molecule has 0 spiro atoms. The van der Waals surface area contributed by atoms with Gasteiger partial charge in [0, 0.05) is 0 Å². The summed E-state index contributed by atoms with van der Waals surface area (Å²) in [4.78, 5) is 0. The lowest BCUT2D eigenvalue weighted by Crippen LogP contribution is -2.18. The largest absolute Gasteiger partial charge is 0.508 e. The molecule has 1 atom stereocenters. The highest BCUT2D eigenvalue weighted by molar-refractivity contribution is 5.54. The second-order valence-corrected chi connectivity index (χ2v) is 5.40. The summed E-state index contributed by atoms with van der Waals surface area (Å²) in [6, 6.07) is 10.7. The van der Waals surface area contributed by atoms with Crippen LogP contribution >= 0.6 is 0 Å². The molecule has 1 aliphatic carbocycles. The van der Waals surface area contributed by atoms with E-state index in [0.717, 1.165) is 36.0 Å². The Morgan fingerprint density at radius 1 is 1.25 bits per heavy atom. The van der Waals surface area contributed by atoms with E-state index in [1.54, 1.807) is 12.1 Å². The van der Waals surface area contributed by atoms with Crippen molar-refractivity contribution in [2.24, 2.45) is 0 Å². The van der Waals surface area contributed by atoms with E-state index in [0.29, 0.717) is 11.4 Å². The van der Waals surface area contributed by atoms with Gasteiger partial charge in [-0.3, -0.25) is 0 Å². The standard InChI is InChI=1S/C17H18FNO/c1-11-4-2-6-15(18)17(11)19-16-7-3-5-12-10-13(20)8-9-14(12)16/h2,4,6,8-10,16,19-20H,3,5,7H2,1H3. The third-order valence-corrected chi connectivity index (χ3v) is 3.98. The highest BCUT2D eigenvalue weighted by atomic mass is 19.1. The first-order valence-electron chi connectivity index (χ1n) is 6.98. The summed E-state index contributed by atoms with van der Waals surface area (Å²) in [6.07, 6.45) is 2.99. The van der Waals surface area contributed by atoms with Gasteiger partial charge in [-0.1, -0.05) is 18.2 Å². The summed E-state index contributed by atoms with van der Waals surface area (Å²) in [5, 5.41) is 12.9. The van der Waals surface area contributed by atoms with Gasteiger partial charge in [-0.15, -0.1) is 0 Å². The maximum absolute atomic E-state index is 13.9. The molecule has 0 saturated carbocycles. The molecule has 0 bridgehead atoms. The second-order valence-electron chi connectivity index (χ2n) is 5.40. The Morgan fingerprint density at radius 3 is 2.90 bits per heavy atom. The minimum Gasteiger partial charge on any atom is -0.508 e. The van der Waals surface area contributed by atoms with Crippen LogP contribution in [0.3, 0.4) is 0 Å². The number of phenols is 1. The number of phenolic OH excluding ortho intramolecular Hbond substituents is 1. The van der Waals surface area contributed by atoms with Crippen LogP contribution in [-0.4, -0.2) is 5.11 Å². The van der Waals surface area contributed by atoms with Crippen LogP contribution in [0.25, 0.3) is 0 Å². The van der Waals surface area contributed by atoms with Gasteiger partial charge in [0.1, 0.15) is 11.6 Å². The SMILES string of the molecule is Cc1cccc(F)c1NC1CCCc2cc(O)ccc21. The number of aryl methyl sites for hydroxylation is 2. The molecule has 0 heterocycles. The van der Waals surface area contributed by atoms with Crippen LogP contribution in [0, 0.1) is 12.7 Å². The Labute approximate surface area is 118 Å². The molecule has 0 aliphatic heterocycles. The molecule has 0 fully saturated rings. The van der Waals surface area contributed by atoms with Gasteiger partial charge < -0.3 is 10.4 Å². The van der Waals surface area contributed by atoms with Gasteiger partial charge in [-0.25, -0.2) is 4.39 Å². The Balaban J connectivity index is 1.94. The lowest BCUT2D eigenvalue weighted by atomic mass is 9.87. The van der Waals surface area contributed by atoms with E-state index >= 15 is 0 Å². The molecule has 0 saturated heterocycles. The maximum Gasteiger partial charge on any atom is 0.146 e. The molecule has 1 aliphatic rings. The van der Waals surface area contributed by atoms with Crippen molar-refractivity contribution in [3.8, 4) is 5.75 Å². The third kappa shape index (κ3) is 2.36. The number of anilines is 1. The van der Waals surface area contributed by atoms with E-state index in [4.69, 9.17) is 0 Å². The normalized spacial score (nSPS) is 17.6. The molecule has 2 N–H and O–H groups in total. The number of aromatic hydroxyl groups is 1. The van der Waals surface area contributed by atoms with Crippen LogP contribution in [0.1, 0.15) is 35.6 Å². The lowest BCUT2D eigenvalue weighted by molar-refractivity contribution is 0.472. The zero-order chi connectivity index (χ0) is 14.1. The van der Waals surface area contributed by atoms with E-state index in [9.17, 15) is 9.50 Å². The monoisotopic (exact) mass is 271 g/mol. The number of nitrogens with one attached hydrogen (secondary N) is 1. The van der Waals surface area contributed by atoms with Crippen molar-refractivity contribution in [2.45, 2.75) is 32.2 Å². The van der Waals surface area contributed by atoms with Crippen molar-refractivity contribution in [1.82, 2.24) is 0 Å². The minimum atomic E-state index is -0.212. The van der Waals surface area contributed by atoms with Crippen molar-refractivity contribution in [1.29, 1.82) is 0 Å². The molecule has 0 aromatic heterocycles. The van der Waals surface area contributed by atoms with Gasteiger partial charge in [0.2, 0.25) is 0 Å². The number of hydrogen-bond acceptors (Lipinski definition) is 2. The van der Waals surface area contributed by atoms with Gasteiger partial charge in [0.25, 0.3) is 0 Å². The highest BCUT2D eigenvalue weighted by Gasteiger charge is 2.21. The third-order valence-electron chi connectivity index (χ3n) is 3.98. The number of para-hydroxylation sites is 1. The number of fused-ring (bicyclic) bond motifs is 1. The zero-order valence-corrected chi connectivity index (χ0v) is 11.5. The van der Waals surface area contributed by atoms with Crippen molar-refractivity contribution in [3.63, 3.8) is 0 Å². The fourth-order valence-electron chi connectivity index (χ4n) is 2.94. The van der Waals surface area contributed by atoms with E-state index in [1.165, 1.54) is 6.07 Å². The van der Waals surface area contributed by atoms with E-state index < -0.39 is 0 Å². The van der Waals surface area contributed by atoms with Crippen LogP contribution in [0.5, 0.6) is 5.75 Å². The number of halogens is 1. The van der Waals surface area contributed by atoms with Gasteiger partial charge in [-0.05, 0) is 61.1 Å². The maximum atomic E-state index is 13.9. The minimum absolute atomic E-state index is 0.106. The van der Waals surface area contributed by atoms with E-state index in [2.05, 4.69) is 5.32 Å². The van der Waals surface area contributed by atoms with Crippen molar-refractivity contribution >= 4 is 5.69 Å². The summed E-state index contributed by atoms with van der Waals surface area (Å²) < 4.78 is 13.9. The van der Waals surface area contributed by atoms with Gasteiger partial charge >= 0.3 is 0 Å². The van der Waals surface area contributed by atoms with E-state index in [-0.39, 0.29) is 11.9 Å². The molecule has 2 aromatic rings. The molecule has 1 unspecified atom stereocenters. The molecule has 2 aromatic carbocycles. The molecule has 0 radical (unpaired) electrons. The Bertz CT molecular complexity index is 619. The molecular formula is C17H18FNO. The molecular weight excluding hydrogens is 253 g/mol. The summed E-state index contributed by atoms with van der Waals surface area (Å²) >= 11 is 0. The van der Waals surface area contributed by atoms with Crippen molar-refractivity contribution in [3.05, 3.63) is 58.9 Å². The molecule has 3 heteroatoms. The van der Waals surface area contributed by atoms with E-state index in [1.807, 2.05) is 25.1 Å². The van der Waals surface area contributed by atoms with Gasteiger partial charge in [0.05, 0.1) is 11.7 Å². The molecule has 2 nitrogen and oxygen atoms in total. The number of benzene rings is 2. The van der Waals surface area contributed by atoms with Crippen molar-refractivity contribution in [2.75, 3.05) is 5.32 Å². The van der Waals surface area contributed by atoms with Crippen LogP contribution in [0.2, 0.25) is 0 Å². The lowest BCUT2D eigenvalue weighted by Gasteiger charge is -2.28. The molecule has 104 valence electrons. The summed E-state index contributed by atoms with van der Waals surface area (Å²) in [6.45, 7) is 1.91. The van der Waals surface area contributed by atoms with Gasteiger partial charge in [0.15, 0.2) is 0 Å². The molecule has 0 amide bonds. The quantitative estimate of drug-likeness (QED) is 0.852. The van der Waals surface area contributed by atoms with Crippen LogP contribution in [-0.2, 0) is 6.42 Å². The summed E-state index contributed by atoms with van der Waals surface area (Å²) in [7, 11) is 0. The smallest absolute Gasteiger partial charge is 0.146 e. The topological polar surface area (TPSA) is 32.3 Å². The Morgan fingerprint density at radius 2 is 2.10 bits per heavy atom. The summed E-state index contributed by atoms with van der Waals surface area (Å²) in [5.74, 6) is 0.0855. The first-order chi connectivity index (χ1) is 9.65.